The van der Waals surface area contributed by atoms with E-state index in [0.717, 1.165) is 12.0 Å². The normalized spacial score (nSPS) is 11.5. The number of aryl methyl sites for hydroxylation is 2. The minimum Gasteiger partial charge on any atom is -0.490 e. The van der Waals surface area contributed by atoms with Crippen LogP contribution in [0.4, 0.5) is 52.0 Å². The van der Waals surface area contributed by atoms with Crippen molar-refractivity contribution in [1.82, 2.24) is 15.0 Å². The number of unbranched alkanes of at least 4 members (excludes halogenated alkanes) is 2. The summed E-state index contributed by atoms with van der Waals surface area (Å²) in [6.45, 7) is 3.36. The van der Waals surface area contributed by atoms with Crippen molar-refractivity contribution in [3.8, 4) is 11.5 Å². The van der Waals surface area contributed by atoms with Crippen LogP contribution in [-0.2, 0) is 24.3 Å². The number of carboxylic acid groups (broad SMARTS) is 3. The summed E-state index contributed by atoms with van der Waals surface area (Å²) in [5.41, 5.74) is 2.90. The Hall–Kier alpha value is -7.36. The zero-order valence-electron chi connectivity index (χ0n) is 35.6. The molecule has 0 bridgehead atoms. The molecule has 0 aliphatic heterocycles. The van der Waals surface area contributed by atoms with Crippen LogP contribution in [0.15, 0.2) is 93.3 Å². The Morgan fingerprint density at radius 1 is 0.687 bits per heavy atom. The number of hydrogen-bond acceptors (Lipinski definition) is 21. The van der Waals surface area contributed by atoms with Crippen LogP contribution in [0.2, 0.25) is 0 Å². The van der Waals surface area contributed by atoms with E-state index >= 15 is 0 Å². The number of nitrogens with one attached hydrogen (secondary N) is 3. The number of benzene rings is 4. The molecule has 0 aliphatic carbocycles. The summed E-state index contributed by atoms with van der Waals surface area (Å²) < 4.78 is 48.9. The van der Waals surface area contributed by atoms with Gasteiger partial charge in [0.05, 0.1) is 57.6 Å². The molecule has 0 saturated carbocycles. The van der Waals surface area contributed by atoms with Crippen LogP contribution in [0.3, 0.4) is 0 Å². The molecule has 4 aromatic carbocycles. The van der Waals surface area contributed by atoms with Crippen molar-refractivity contribution >= 4 is 92.0 Å². The molecule has 0 radical (unpaired) electrons. The van der Waals surface area contributed by atoms with Crippen LogP contribution in [0, 0.1) is 13.8 Å². The molecule has 24 nitrogen and oxygen atoms in total. The van der Waals surface area contributed by atoms with Crippen LogP contribution >= 0.6 is 12.0 Å². The molecule has 0 saturated heterocycles. The molecular weight excluding hydrogens is 921 g/mol. The predicted molar refractivity (Wildman–Crippen MR) is 243 cm³/mol. The van der Waals surface area contributed by atoms with Crippen LogP contribution in [0.25, 0.3) is 0 Å². The maximum atomic E-state index is 11.6. The average molecular weight is 965 g/mol. The topological polar surface area (TPSA) is 348 Å². The van der Waals surface area contributed by atoms with Crippen LogP contribution in [0.1, 0.15) is 57.5 Å². The SMILES string of the molecule is Cc1cc(Nc2nc(NCCCCCC(=O)O)nc(Nc3cc(C)c(N=Nc4cccc(C(=O)O)c4)cc3OCCS(=O)(=O)O)n2)c(OCCSOOO)cc1N=Nc1cccc(C(=O)O)c1. The van der Waals surface area contributed by atoms with E-state index < -0.39 is 40.4 Å². The Balaban J connectivity index is 1.51. The summed E-state index contributed by atoms with van der Waals surface area (Å²) in [5.74, 6) is -3.42. The van der Waals surface area contributed by atoms with Gasteiger partial charge >= 0.3 is 17.9 Å². The molecule has 1 heterocycles. The lowest BCUT2D eigenvalue weighted by Crippen LogP contribution is -2.14. The zero-order chi connectivity index (χ0) is 48.3. The standard InChI is InChI=1S/C41H44N10O14S2/c1-24-18-32(34(62-14-16-66-65-64-58)22-30(24)50-48-28-10-6-8-26(20-28)37(54)55)43-40-45-39(42-13-5-3-4-12-36(52)53)46-41(47-40)44-33-19-25(2)31(23-35(33)63-15-17-67(59,60)61)51-49-29-11-7-9-27(21-29)38(56)57/h6-11,18-23,58H,3-5,12-17H2,1-2H3,(H,52,53)(H,54,55)(H,56,57)(H,59,60,61)(H3,42,43,44,45,46,47). The van der Waals surface area contributed by atoms with Crippen LogP contribution < -0.4 is 25.4 Å². The number of aromatic carboxylic acids is 2. The quantitative estimate of drug-likeness (QED) is 0.00607. The van der Waals surface area contributed by atoms with Crippen molar-refractivity contribution in [3.05, 3.63) is 95.1 Å². The molecule has 0 spiro atoms. The number of azo groups is 2. The summed E-state index contributed by atoms with van der Waals surface area (Å²) in [6, 6.07) is 18.0. The van der Waals surface area contributed by atoms with Crippen molar-refractivity contribution in [2.24, 2.45) is 20.5 Å². The van der Waals surface area contributed by atoms with Gasteiger partial charge in [-0.05, 0) is 86.3 Å². The molecule has 0 atom stereocenters. The minimum absolute atomic E-state index is 0.000587. The number of ether oxygens (including phenoxy) is 2. The lowest BCUT2D eigenvalue weighted by atomic mass is 10.1. The van der Waals surface area contributed by atoms with Gasteiger partial charge in [0.1, 0.15) is 23.9 Å². The first-order chi connectivity index (χ1) is 32.1. The molecule has 354 valence electrons. The third-order valence-corrected chi connectivity index (χ3v) is 10.1. The van der Waals surface area contributed by atoms with Crippen molar-refractivity contribution in [1.29, 1.82) is 0 Å². The fourth-order valence-electron chi connectivity index (χ4n) is 5.71. The molecule has 0 unspecified atom stereocenters. The highest BCUT2D eigenvalue weighted by atomic mass is 32.2. The number of rotatable bonds is 27. The Labute approximate surface area is 386 Å². The molecule has 67 heavy (non-hydrogen) atoms. The molecule has 26 heteroatoms. The van der Waals surface area contributed by atoms with Crippen LogP contribution in [-0.4, -0.2) is 97.7 Å². The van der Waals surface area contributed by atoms with Gasteiger partial charge < -0.3 is 40.7 Å². The van der Waals surface area contributed by atoms with E-state index in [0.29, 0.717) is 48.3 Å². The third kappa shape index (κ3) is 16.9. The van der Waals surface area contributed by atoms with Gasteiger partial charge in [0.15, 0.2) is 0 Å². The summed E-state index contributed by atoms with van der Waals surface area (Å²) in [7, 11) is -4.42. The van der Waals surface area contributed by atoms with Gasteiger partial charge in [-0.3, -0.25) is 9.35 Å². The smallest absolute Gasteiger partial charge is 0.335 e. The molecule has 0 fully saturated rings. The van der Waals surface area contributed by atoms with E-state index in [1.807, 2.05) is 0 Å². The molecule has 5 rings (SSSR count). The van der Waals surface area contributed by atoms with E-state index in [4.69, 9.17) is 19.8 Å². The van der Waals surface area contributed by atoms with E-state index in [1.165, 1.54) is 42.5 Å². The van der Waals surface area contributed by atoms with Gasteiger partial charge in [0, 0.05) is 37.1 Å². The number of aromatic nitrogens is 3. The summed E-state index contributed by atoms with van der Waals surface area (Å²) in [5, 5.41) is 66.3. The number of nitrogens with zero attached hydrogens (tertiary/aromatic N) is 7. The second-order valence-corrected chi connectivity index (χ2v) is 16.4. The summed E-state index contributed by atoms with van der Waals surface area (Å²) in [6.07, 6.45) is 1.65. The maximum Gasteiger partial charge on any atom is 0.335 e. The fourth-order valence-corrected chi connectivity index (χ4v) is 6.27. The number of carboxylic acids is 3. The molecule has 0 amide bonds. The number of carbonyl (C=O) groups is 3. The Kier molecular flexibility index (Phi) is 18.7. The van der Waals surface area contributed by atoms with E-state index in [2.05, 4.69) is 60.7 Å². The van der Waals surface area contributed by atoms with Gasteiger partial charge in [0.25, 0.3) is 10.1 Å². The first-order valence-corrected chi connectivity index (χ1v) is 22.4. The molecule has 0 aliphatic rings. The first-order valence-electron chi connectivity index (χ1n) is 19.9. The van der Waals surface area contributed by atoms with E-state index in [9.17, 15) is 37.6 Å². The van der Waals surface area contributed by atoms with Crippen molar-refractivity contribution < 1.29 is 66.8 Å². The largest absolute Gasteiger partial charge is 0.490 e. The maximum absolute atomic E-state index is 11.6. The number of aliphatic carboxylic acids is 1. The van der Waals surface area contributed by atoms with E-state index in [1.54, 1.807) is 44.2 Å². The Morgan fingerprint density at radius 2 is 1.21 bits per heavy atom. The number of anilines is 5. The monoisotopic (exact) mass is 964 g/mol. The van der Waals surface area contributed by atoms with Crippen molar-refractivity contribution in [3.63, 3.8) is 0 Å². The lowest BCUT2D eigenvalue weighted by molar-refractivity contribution is -0.432. The lowest BCUT2D eigenvalue weighted by Gasteiger charge is -2.17. The van der Waals surface area contributed by atoms with Gasteiger partial charge in [0.2, 0.25) is 17.8 Å². The molecular formula is C41H44N10O14S2. The van der Waals surface area contributed by atoms with Crippen LogP contribution in [0.5, 0.6) is 11.5 Å². The highest BCUT2D eigenvalue weighted by Crippen LogP contribution is 2.38. The average Bonchev–Trinajstić information content (AvgIpc) is 3.27. The third-order valence-electron chi connectivity index (χ3n) is 8.91. The van der Waals surface area contributed by atoms with Gasteiger partial charge in [-0.2, -0.15) is 43.8 Å². The van der Waals surface area contributed by atoms with E-state index in [-0.39, 0.29) is 82.0 Å². The Morgan fingerprint density at radius 3 is 1.70 bits per heavy atom. The summed E-state index contributed by atoms with van der Waals surface area (Å²) in [4.78, 5) is 47.7. The minimum atomic E-state index is -4.42. The highest BCUT2D eigenvalue weighted by Gasteiger charge is 2.17. The second kappa shape index (κ2) is 24.8. The summed E-state index contributed by atoms with van der Waals surface area (Å²) >= 11 is 0.762. The zero-order valence-corrected chi connectivity index (χ0v) is 37.3. The second-order valence-electron chi connectivity index (χ2n) is 14.0. The van der Waals surface area contributed by atoms with Crippen molar-refractivity contribution in [2.45, 2.75) is 39.5 Å². The van der Waals surface area contributed by atoms with Gasteiger partial charge in [-0.15, -0.1) is 4.33 Å². The molecule has 5 aromatic rings. The molecule has 1 aromatic heterocycles. The van der Waals surface area contributed by atoms with Gasteiger partial charge in [-0.25, -0.2) is 14.8 Å². The fraction of sp³-hybridized carbons (Fsp3) is 0.268. The number of hydrogen-bond donors (Lipinski definition) is 8. The highest BCUT2D eigenvalue weighted by molar-refractivity contribution is 7.94. The first kappa shape index (κ1) is 50.6. The van der Waals surface area contributed by atoms with Gasteiger partial charge in [-0.1, -0.05) is 23.6 Å². The predicted octanol–water partition coefficient (Wildman–Crippen LogP) is 8.97. The Bertz CT molecular complexity index is 2730. The molecule has 8 N–H and O–H groups in total. The van der Waals surface area contributed by atoms with Crippen molar-refractivity contribution in [2.75, 3.05) is 47.2 Å².